The van der Waals surface area contributed by atoms with E-state index >= 15 is 0 Å². The molecule has 0 aliphatic carbocycles. The van der Waals surface area contributed by atoms with E-state index in [-0.39, 0.29) is 12.2 Å². The molecule has 0 aliphatic heterocycles. The first-order valence-electron chi connectivity index (χ1n) is 8.65. The summed E-state index contributed by atoms with van der Waals surface area (Å²) in [5.74, 6) is -1.02. The fourth-order valence-corrected chi connectivity index (χ4v) is 2.99. The lowest BCUT2D eigenvalue weighted by Gasteiger charge is -2.36. The molecule has 0 heterocycles. The van der Waals surface area contributed by atoms with Crippen LogP contribution in [0.4, 0.5) is 13.2 Å². The molecule has 0 fully saturated rings. The van der Waals surface area contributed by atoms with Gasteiger partial charge in [-0.05, 0) is 64.7 Å². The Bertz CT molecular complexity index is 491. The van der Waals surface area contributed by atoms with Crippen LogP contribution in [0.15, 0.2) is 24.3 Å². The summed E-state index contributed by atoms with van der Waals surface area (Å²) in [6.07, 6.45) is -1.43. The molecule has 0 aliphatic rings. The van der Waals surface area contributed by atoms with Crippen molar-refractivity contribution in [3.8, 4) is 0 Å². The molecule has 1 aromatic rings. The van der Waals surface area contributed by atoms with Crippen molar-refractivity contribution in [1.29, 1.82) is 0 Å². The highest BCUT2D eigenvalue weighted by Crippen LogP contribution is 2.30. The van der Waals surface area contributed by atoms with Crippen LogP contribution in [-0.2, 0) is 26.5 Å². The van der Waals surface area contributed by atoms with Gasteiger partial charge < -0.3 is 13.9 Å². The van der Waals surface area contributed by atoms with Crippen LogP contribution in [0.25, 0.3) is 0 Å². The predicted molar refractivity (Wildman–Crippen MR) is 95.2 cm³/mol. The van der Waals surface area contributed by atoms with Crippen molar-refractivity contribution in [2.24, 2.45) is 0 Å². The molecule has 3 nitrogen and oxygen atoms in total. The van der Waals surface area contributed by atoms with Crippen molar-refractivity contribution in [2.75, 3.05) is 0 Å². The lowest BCUT2D eigenvalue weighted by Crippen LogP contribution is -2.42. The first-order valence-corrected chi connectivity index (χ1v) is 9.46. The average molecular weight is 379 g/mol. The number of unbranched alkanes of at least 4 members (excludes halogenated alkanes) is 1. The highest BCUT2D eigenvalue weighted by molar-refractivity contribution is 5.98. The van der Waals surface area contributed by atoms with E-state index < -0.39 is 17.7 Å². The van der Waals surface area contributed by atoms with E-state index in [9.17, 15) is 13.2 Å². The molecule has 0 atom stereocenters. The lowest BCUT2D eigenvalue weighted by molar-refractivity contribution is -0.369. The number of halogens is 3. The second-order valence-corrected chi connectivity index (χ2v) is 7.03. The van der Waals surface area contributed by atoms with Crippen LogP contribution < -0.4 is 0 Å². The molecule has 7 heteroatoms. The van der Waals surface area contributed by atoms with Crippen LogP contribution in [0.5, 0.6) is 0 Å². The van der Waals surface area contributed by atoms with Gasteiger partial charge in [-0.15, -0.1) is 0 Å². The maximum atomic E-state index is 12.6. The highest BCUT2D eigenvalue weighted by atomic mass is 28.2. The third-order valence-corrected chi connectivity index (χ3v) is 4.24. The fourth-order valence-electron chi connectivity index (χ4n) is 2.59. The van der Waals surface area contributed by atoms with Gasteiger partial charge in [-0.1, -0.05) is 12.1 Å². The van der Waals surface area contributed by atoms with Gasteiger partial charge in [-0.3, -0.25) is 0 Å². The zero-order valence-corrected chi connectivity index (χ0v) is 17.7. The highest BCUT2D eigenvalue weighted by Gasteiger charge is 2.33. The molecule has 0 amide bonds. The number of hydrogen-bond acceptors (Lipinski definition) is 3. The van der Waals surface area contributed by atoms with Crippen molar-refractivity contribution < 1.29 is 27.1 Å². The first kappa shape index (κ1) is 22.1. The molecule has 144 valence electrons. The number of alkyl halides is 3. The van der Waals surface area contributed by atoms with Gasteiger partial charge in [0.05, 0.1) is 17.8 Å². The Labute approximate surface area is 151 Å². The van der Waals surface area contributed by atoms with Gasteiger partial charge in [-0.25, -0.2) is 0 Å². The second kappa shape index (κ2) is 9.71. The summed E-state index contributed by atoms with van der Waals surface area (Å²) in [4.78, 5) is 0. The number of ether oxygens (including phenoxy) is 2. The molecule has 0 saturated heterocycles. The number of rotatable bonds is 10. The van der Waals surface area contributed by atoms with Crippen LogP contribution in [0.3, 0.4) is 0 Å². The number of hydrogen-bond donors (Lipinski definition) is 0. The van der Waals surface area contributed by atoms with Gasteiger partial charge in [0.15, 0.2) is 10.5 Å². The molecule has 0 spiro atoms. The average Bonchev–Trinajstić information content (AvgIpc) is 2.50. The number of aryl methyl sites for hydroxylation is 1. The van der Waals surface area contributed by atoms with Crippen LogP contribution >= 0.6 is 0 Å². The van der Waals surface area contributed by atoms with E-state index in [0.29, 0.717) is 23.3 Å². The topological polar surface area (TPSA) is 27.7 Å². The Hall–Kier alpha value is -0.893. The van der Waals surface area contributed by atoms with Crippen LogP contribution in [0, 0.1) is 0 Å². The molecule has 0 aromatic heterocycles. The molecule has 25 heavy (non-hydrogen) atoms. The zero-order chi connectivity index (χ0) is 19.1. The molecular weight excluding hydrogens is 349 g/mol. The van der Waals surface area contributed by atoms with Crippen molar-refractivity contribution in [2.45, 2.75) is 77.7 Å². The Kier molecular flexibility index (Phi) is 8.60. The number of benzene rings is 1. The summed E-state index contributed by atoms with van der Waals surface area (Å²) in [7, 11) is 0.489. The largest absolute Gasteiger partial charge is 0.416 e. The summed E-state index contributed by atoms with van der Waals surface area (Å²) in [6.45, 7) is 7.73. The molecule has 1 rings (SSSR count). The molecule has 0 N–H and O–H groups in total. The third kappa shape index (κ3) is 7.90. The van der Waals surface area contributed by atoms with Crippen molar-refractivity contribution in [3.63, 3.8) is 0 Å². The van der Waals surface area contributed by atoms with Gasteiger partial charge in [0.2, 0.25) is 0 Å². The monoisotopic (exact) mass is 378 g/mol. The minimum Gasteiger partial charge on any atom is -0.380 e. The van der Waals surface area contributed by atoms with E-state index in [2.05, 4.69) is 0 Å². The summed E-state index contributed by atoms with van der Waals surface area (Å²) in [5, 5.41) is 0. The van der Waals surface area contributed by atoms with Gasteiger partial charge in [0.1, 0.15) is 0 Å². The maximum Gasteiger partial charge on any atom is 0.416 e. The van der Waals surface area contributed by atoms with Crippen LogP contribution in [-0.4, -0.2) is 28.7 Å². The van der Waals surface area contributed by atoms with Crippen LogP contribution in [0.1, 0.15) is 58.1 Å². The lowest BCUT2D eigenvalue weighted by atomic mass is 10.0. The summed E-state index contributed by atoms with van der Waals surface area (Å²) in [6, 6.07) is 5.33. The van der Waals surface area contributed by atoms with Crippen LogP contribution in [0.2, 0.25) is 0 Å². The summed E-state index contributed by atoms with van der Waals surface area (Å²) < 4.78 is 55.1. The maximum absolute atomic E-state index is 12.6. The predicted octanol–water partition coefficient (Wildman–Crippen LogP) is 4.22. The van der Waals surface area contributed by atoms with E-state index in [1.165, 1.54) is 12.1 Å². The Morgan fingerprint density at radius 2 is 1.44 bits per heavy atom. The van der Waals surface area contributed by atoms with Gasteiger partial charge in [0, 0.05) is 6.42 Å². The first-order chi connectivity index (χ1) is 11.6. The van der Waals surface area contributed by atoms with E-state index in [0.717, 1.165) is 30.5 Å². The van der Waals surface area contributed by atoms with Gasteiger partial charge in [-0.2, -0.15) is 13.2 Å². The van der Waals surface area contributed by atoms with Gasteiger partial charge >= 0.3 is 6.18 Å². The van der Waals surface area contributed by atoms with Crippen molar-refractivity contribution in [3.05, 3.63) is 35.4 Å². The van der Waals surface area contributed by atoms with Gasteiger partial charge in [0.25, 0.3) is 5.97 Å². The minimum absolute atomic E-state index is 0.0254. The minimum atomic E-state index is -4.29. The smallest absolute Gasteiger partial charge is 0.380 e. The van der Waals surface area contributed by atoms with E-state index in [1.807, 2.05) is 27.7 Å². The second-order valence-electron chi connectivity index (χ2n) is 6.62. The summed E-state index contributed by atoms with van der Waals surface area (Å²) in [5.41, 5.74) is 0.273. The Balaban J connectivity index is 2.55. The van der Waals surface area contributed by atoms with E-state index in [1.54, 1.807) is 0 Å². The quantitative estimate of drug-likeness (QED) is 0.347. The standard InChI is InChI=1S/C18H29F3O3Si/c1-13(2)22-17(24-25,23-14(3)4)12-6-5-7-15-8-10-16(11-9-15)18(19,20)21/h8-11,13-14H,5-7,12H2,1-4,25H3. The third-order valence-electron chi connectivity index (χ3n) is 3.62. The molecule has 0 bridgehead atoms. The molecule has 1 aromatic carbocycles. The van der Waals surface area contributed by atoms with E-state index in [4.69, 9.17) is 13.9 Å². The molecule has 0 saturated carbocycles. The van der Waals surface area contributed by atoms with Crippen molar-refractivity contribution in [1.82, 2.24) is 0 Å². The van der Waals surface area contributed by atoms with Crippen molar-refractivity contribution >= 4 is 10.5 Å². The SMILES string of the molecule is CC(C)OC(CCCCc1ccc(C(F)(F)F)cc1)(O[SiH3])OC(C)C. The zero-order valence-electron chi connectivity index (χ0n) is 15.7. The normalized spacial score (nSPS) is 13.2. The Morgan fingerprint density at radius 1 is 0.920 bits per heavy atom. The molecular formula is C18H29F3O3Si. The molecule has 0 radical (unpaired) electrons. The Morgan fingerprint density at radius 3 is 1.84 bits per heavy atom. The fraction of sp³-hybridized carbons (Fsp3) is 0.667. The molecule has 0 unspecified atom stereocenters. The summed E-state index contributed by atoms with van der Waals surface area (Å²) >= 11 is 0.